The van der Waals surface area contributed by atoms with Crippen molar-refractivity contribution in [1.29, 1.82) is 0 Å². The van der Waals surface area contributed by atoms with Gasteiger partial charge in [0.2, 0.25) is 18.6 Å². The highest BCUT2D eigenvalue weighted by Crippen LogP contribution is 2.43. The Labute approximate surface area is 251 Å². The van der Waals surface area contributed by atoms with Crippen molar-refractivity contribution in [3.8, 4) is 11.5 Å². The largest absolute Gasteiger partial charge is 0.481 e. The molecule has 4 heterocycles. The number of amides is 4. The highest BCUT2D eigenvalue weighted by atomic mass is 16.7. The number of aryl methyl sites for hydroxylation is 1. The Balaban J connectivity index is 1.43. The van der Waals surface area contributed by atoms with Crippen LogP contribution in [-0.2, 0) is 21.4 Å². The van der Waals surface area contributed by atoms with E-state index < -0.39 is 29.9 Å². The van der Waals surface area contributed by atoms with Crippen molar-refractivity contribution >= 4 is 29.5 Å². The summed E-state index contributed by atoms with van der Waals surface area (Å²) in [6, 6.07) is 8.38. The Morgan fingerprint density at radius 1 is 1.16 bits per heavy atom. The zero-order valence-corrected chi connectivity index (χ0v) is 25.0. The number of nitrogens with zero attached hydrogens (tertiary/aromatic N) is 5. The smallest absolute Gasteiger partial charge is 0.326 e. The number of rotatable bonds is 11. The van der Waals surface area contributed by atoms with E-state index in [9.17, 15) is 24.3 Å². The molecule has 3 aliphatic heterocycles. The lowest BCUT2D eigenvalue weighted by molar-refractivity contribution is -0.670. The van der Waals surface area contributed by atoms with Crippen molar-refractivity contribution < 1.29 is 38.3 Å². The first-order valence-electron chi connectivity index (χ1n) is 14.9. The lowest BCUT2D eigenvalue weighted by Gasteiger charge is -2.34. The number of likely N-dealkylation sites (tertiary alicyclic amines) is 1. The van der Waals surface area contributed by atoms with E-state index in [1.54, 1.807) is 15.9 Å². The summed E-state index contributed by atoms with van der Waals surface area (Å²) in [7, 11) is 3.37. The summed E-state index contributed by atoms with van der Waals surface area (Å²) in [5, 5.41) is 10.5. The number of anilines is 1. The Kier molecular flexibility index (Phi) is 9.14. The fourth-order valence-electron chi connectivity index (χ4n) is 6.35. The third-order valence-electron chi connectivity index (χ3n) is 8.69. The topological polar surface area (TPSA) is 124 Å². The second kappa shape index (κ2) is 13.0. The molecule has 230 valence electrons. The molecule has 1 aromatic heterocycles. The van der Waals surface area contributed by atoms with Crippen molar-refractivity contribution in [3.05, 3.63) is 48.3 Å². The zero-order valence-electron chi connectivity index (χ0n) is 25.0. The van der Waals surface area contributed by atoms with Crippen molar-refractivity contribution in [2.45, 2.75) is 44.6 Å². The number of carbonyl (C=O) groups is 4. The van der Waals surface area contributed by atoms with Crippen LogP contribution in [-0.4, -0.2) is 96.2 Å². The molecule has 2 fully saturated rings. The number of ether oxygens (including phenoxy) is 2. The summed E-state index contributed by atoms with van der Waals surface area (Å²) >= 11 is 0. The van der Waals surface area contributed by atoms with Gasteiger partial charge in [-0.3, -0.25) is 24.2 Å². The second-order valence-corrected chi connectivity index (χ2v) is 11.5. The number of fused-ring (bicyclic) bond motifs is 1. The minimum atomic E-state index is -0.960. The molecule has 0 radical (unpaired) electrons. The number of urea groups is 1. The van der Waals surface area contributed by atoms with E-state index in [1.807, 2.05) is 53.2 Å². The first-order valence-corrected chi connectivity index (χ1v) is 14.9. The van der Waals surface area contributed by atoms with Gasteiger partial charge in [0.1, 0.15) is 12.7 Å². The van der Waals surface area contributed by atoms with E-state index in [0.29, 0.717) is 31.0 Å². The summed E-state index contributed by atoms with van der Waals surface area (Å²) < 4.78 is 12.9. The number of carboxylic acid groups (broad SMARTS) is 1. The second-order valence-electron chi connectivity index (χ2n) is 11.5. The van der Waals surface area contributed by atoms with Gasteiger partial charge in [0.25, 0.3) is 0 Å². The summed E-state index contributed by atoms with van der Waals surface area (Å²) in [5.41, 5.74) is 1.59. The molecule has 4 amide bonds. The van der Waals surface area contributed by atoms with Gasteiger partial charge in [-0.2, -0.15) is 0 Å². The van der Waals surface area contributed by atoms with Crippen molar-refractivity contribution in [2.75, 3.05) is 51.5 Å². The van der Waals surface area contributed by atoms with Gasteiger partial charge in [-0.1, -0.05) is 19.4 Å². The predicted molar refractivity (Wildman–Crippen MR) is 156 cm³/mol. The standard InChI is InChI=1S/C31H39N5O7/c1-4-5-13-36(22-7-6-12-32(2)17-22)28(38)19-35-18-23(21-8-9-25-26(16-21)43-20-42-25)29(30(39)40)24(35)10-14-34-15-11-27(37)33(3)31(34)41/h6-9,12,16-17,23-24,29H,4-5,10-11,13-15,18-20H2,1-3H3/p+1/t23-,24+,29-/m1/s1. The molecule has 0 unspecified atom stereocenters. The maximum Gasteiger partial charge on any atom is 0.326 e. The Hall–Kier alpha value is -4.19. The number of aliphatic carboxylic acids is 1. The van der Waals surface area contributed by atoms with Crippen LogP contribution >= 0.6 is 0 Å². The summed E-state index contributed by atoms with van der Waals surface area (Å²) in [4.78, 5) is 58.1. The van der Waals surface area contributed by atoms with E-state index in [2.05, 4.69) is 6.92 Å². The molecule has 3 aliphatic rings. The number of aromatic nitrogens is 1. The maximum absolute atomic E-state index is 14.0. The average molecular weight is 595 g/mol. The molecule has 3 atom stereocenters. The Morgan fingerprint density at radius 2 is 1.95 bits per heavy atom. The molecule has 1 N–H and O–H groups in total. The van der Waals surface area contributed by atoms with Crippen LogP contribution in [0.4, 0.5) is 10.5 Å². The van der Waals surface area contributed by atoms with Gasteiger partial charge in [0.05, 0.1) is 12.5 Å². The van der Waals surface area contributed by atoms with Crippen LogP contribution in [0, 0.1) is 5.92 Å². The number of unbranched alkanes of at least 4 members (excludes halogenated alkanes) is 1. The third kappa shape index (κ3) is 6.43. The first kappa shape index (κ1) is 30.3. The molecule has 0 aliphatic carbocycles. The minimum Gasteiger partial charge on any atom is -0.481 e. The lowest BCUT2D eigenvalue weighted by Crippen LogP contribution is -2.52. The molecular weight excluding hydrogens is 554 g/mol. The monoisotopic (exact) mass is 594 g/mol. The molecule has 0 bridgehead atoms. The van der Waals surface area contributed by atoms with Crippen LogP contribution in [0.1, 0.15) is 44.1 Å². The number of carbonyl (C=O) groups excluding carboxylic acids is 3. The van der Waals surface area contributed by atoms with Gasteiger partial charge >= 0.3 is 12.0 Å². The highest BCUT2D eigenvalue weighted by Gasteiger charge is 2.48. The molecule has 1 aromatic carbocycles. The van der Waals surface area contributed by atoms with Crippen LogP contribution in [0.25, 0.3) is 0 Å². The van der Waals surface area contributed by atoms with E-state index in [4.69, 9.17) is 9.47 Å². The maximum atomic E-state index is 14.0. The quantitative estimate of drug-likeness (QED) is 0.393. The summed E-state index contributed by atoms with van der Waals surface area (Å²) in [5.74, 6) is -1.36. The number of imide groups is 1. The molecule has 0 spiro atoms. The molecule has 2 saturated heterocycles. The van der Waals surface area contributed by atoms with Gasteiger partial charge in [0, 0.05) is 57.7 Å². The van der Waals surface area contributed by atoms with Crippen LogP contribution in [0.15, 0.2) is 42.7 Å². The molecule has 12 heteroatoms. The van der Waals surface area contributed by atoms with Gasteiger partial charge in [-0.05, 0) is 36.6 Å². The molecule has 2 aromatic rings. The van der Waals surface area contributed by atoms with Crippen molar-refractivity contribution in [3.63, 3.8) is 0 Å². The van der Waals surface area contributed by atoms with Crippen LogP contribution in [0.5, 0.6) is 11.5 Å². The van der Waals surface area contributed by atoms with Crippen LogP contribution in [0.2, 0.25) is 0 Å². The molecular formula is C31H40N5O7+. The lowest BCUT2D eigenvalue weighted by atomic mass is 9.84. The SMILES string of the molecule is CCCCN(C(=O)CN1C[C@H](c2ccc3c(c2)OCO3)[C@@H](C(=O)O)[C@@H]1CCN1CCC(=O)N(C)C1=O)c1ccc[n+](C)c1. The number of pyridine rings is 1. The van der Waals surface area contributed by atoms with Gasteiger partial charge in [-0.25, -0.2) is 9.36 Å². The van der Waals surface area contributed by atoms with Crippen molar-refractivity contribution in [1.82, 2.24) is 14.7 Å². The van der Waals surface area contributed by atoms with Gasteiger partial charge in [0.15, 0.2) is 23.9 Å². The van der Waals surface area contributed by atoms with Crippen molar-refractivity contribution in [2.24, 2.45) is 13.0 Å². The van der Waals surface area contributed by atoms with E-state index in [-0.39, 0.29) is 44.7 Å². The predicted octanol–water partition coefficient (Wildman–Crippen LogP) is 2.22. The van der Waals surface area contributed by atoms with Gasteiger partial charge < -0.3 is 24.4 Å². The normalized spacial score (nSPS) is 21.9. The number of carboxylic acids is 1. The minimum absolute atomic E-state index is 0.0319. The average Bonchev–Trinajstić information content (AvgIpc) is 3.60. The van der Waals surface area contributed by atoms with E-state index in [0.717, 1.165) is 29.0 Å². The zero-order chi connectivity index (χ0) is 30.7. The molecule has 43 heavy (non-hydrogen) atoms. The fraction of sp³-hybridized carbons (Fsp3) is 0.516. The summed E-state index contributed by atoms with van der Waals surface area (Å²) in [6.07, 6.45) is 6.12. The number of hydrogen-bond donors (Lipinski definition) is 1. The Morgan fingerprint density at radius 3 is 2.70 bits per heavy atom. The number of benzene rings is 1. The Bertz CT molecular complexity index is 1380. The molecule has 5 rings (SSSR count). The fourth-order valence-corrected chi connectivity index (χ4v) is 6.35. The third-order valence-corrected chi connectivity index (χ3v) is 8.69. The van der Waals surface area contributed by atoms with Gasteiger partial charge in [-0.15, -0.1) is 0 Å². The highest BCUT2D eigenvalue weighted by molar-refractivity contribution is 5.96. The molecule has 0 saturated carbocycles. The summed E-state index contributed by atoms with van der Waals surface area (Å²) in [6.45, 7) is 3.68. The van der Waals surface area contributed by atoms with Crippen LogP contribution < -0.4 is 18.9 Å². The van der Waals surface area contributed by atoms with E-state index >= 15 is 0 Å². The first-order chi connectivity index (χ1) is 20.7. The molecule has 12 nitrogen and oxygen atoms in total. The number of hydrogen-bond acceptors (Lipinski definition) is 7. The van der Waals surface area contributed by atoms with Crippen LogP contribution in [0.3, 0.4) is 0 Å². The van der Waals surface area contributed by atoms with E-state index in [1.165, 1.54) is 7.05 Å².